The van der Waals surface area contributed by atoms with Crippen LogP contribution in [0.5, 0.6) is 5.88 Å². The number of halogens is 2. The van der Waals surface area contributed by atoms with E-state index in [1.54, 1.807) is 18.2 Å². The molecule has 1 aromatic heterocycles. The van der Waals surface area contributed by atoms with Gasteiger partial charge in [-0.15, -0.1) is 0 Å². The molecule has 1 fully saturated rings. The summed E-state index contributed by atoms with van der Waals surface area (Å²) >= 11 is 0. The van der Waals surface area contributed by atoms with Crippen LogP contribution in [0.4, 0.5) is 8.78 Å². The lowest BCUT2D eigenvalue weighted by atomic mass is 10.2. The molecule has 1 aliphatic carbocycles. The van der Waals surface area contributed by atoms with Crippen molar-refractivity contribution in [2.75, 3.05) is 6.61 Å². The van der Waals surface area contributed by atoms with Crippen molar-refractivity contribution in [2.45, 2.75) is 44.6 Å². The highest BCUT2D eigenvalue weighted by Crippen LogP contribution is 2.34. The third-order valence-corrected chi connectivity index (χ3v) is 3.26. The summed E-state index contributed by atoms with van der Waals surface area (Å²) in [6.07, 6.45) is 0.588. The molecule has 1 heterocycles. The van der Waals surface area contributed by atoms with E-state index in [1.807, 2.05) is 6.92 Å². The molecule has 6 heteroatoms. The van der Waals surface area contributed by atoms with Gasteiger partial charge in [0.25, 0.3) is 5.92 Å². The number of hydrogen-bond donors (Lipinski definition) is 1. The molecule has 2 rings (SSSR count). The normalized spacial score (nSPS) is 20.6. The first-order chi connectivity index (χ1) is 9.51. The Morgan fingerprint density at radius 2 is 2.35 bits per heavy atom. The maximum absolute atomic E-state index is 13.4. The van der Waals surface area contributed by atoms with Crippen molar-refractivity contribution in [3.63, 3.8) is 0 Å². The number of pyridine rings is 1. The van der Waals surface area contributed by atoms with Gasteiger partial charge in [0, 0.05) is 12.5 Å². The van der Waals surface area contributed by atoms with Crippen LogP contribution in [0.1, 0.15) is 31.9 Å². The van der Waals surface area contributed by atoms with Crippen LogP contribution in [0.3, 0.4) is 0 Å². The smallest absolute Gasteiger partial charge is 0.267 e. The fourth-order valence-electron chi connectivity index (χ4n) is 2.30. The van der Waals surface area contributed by atoms with E-state index in [1.165, 1.54) is 0 Å². The minimum absolute atomic E-state index is 0.0203. The predicted molar refractivity (Wildman–Crippen MR) is 69.8 cm³/mol. The third kappa shape index (κ3) is 3.65. The first kappa shape index (κ1) is 14.7. The van der Waals surface area contributed by atoms with E-state index in [4.69, 9.17) is 4.74 Å². The number of ether oxygens (including phenoxy) is 1. The molecule has 1 amide bonds. The molecule has 1 N–H and O–H groups in total. The van der Waals surface area contributed by atoms with E-state index in [0.717, 1.165) is 0 Å². The maximum Gasteiger partial charge on any atom is 0.267 e. The molecule has 1 saturated carbocycles. The summed E-state index contributed by atoms with van der Waals surface area (Å²) < 4.78 is 32.1. The zero-order chi connectivity index (χ0) is 14.6. The number of amides is 1. The topological polar surface area (TPSA) is 51.2 Å². The molecule has 0 aliphatic heterocycles. The molecule has 0 spiro atoms. The average molecular weight is 284 g/mol. The quantitative estimate of drug-likeness (QED) is 0.903. The fraction of sp³-hybridized carbons (Fsp3) is 0.571. The summed E-state index contributed by atoms with van der Waals surface area (Å²) in [4.78, 5) is 15.9. The van der Waals surface area contributed by atoms with Crippen molar-refractivity contribution in [1.29, 1.82) is 0 Å². The van der Waals surface area contributed by atoms with Crippen LogP contribution in [0, 0.1) is 0 Å². The molecule has 1 aromatic rings. The van der Waals surface area contributed by atoms with Gasteiger partial charge in [-0.25, -0.2) is 13.8 Å². The molecule has 0 aromatic carbocycles. The van der Waals surface area contributed by atoms with Crippen LogP contribution in [-0.2, 0) is 11.2 Å². The van der Waals surface area contributed by atoms with Crippen molar-refractivity contribution in [3.05, 3.63) is 23.9 Å². The summed E-state index contributed by atoms with van der Waals surface area (Å²) in [5.41, 5.74) is 0.509. The molecule has 1 atom stereocenters. The zero-order valence-corrected chi connectivity index (χ0v) is 11.4. The van der Waals surface area contributed by atoms with Crippen LogP contribution in [0.2, 0.25) is 0 Å². The van der Waals surface area contributed by atoms with Crippen molar-refractivity contribution < 1.29 is 18.3 Å². The SMILES string of the molecule is CCOc1cccc(CC(=O)NC2CCCC2(F)F)n1. The van der Waals surface area contributed by atoms with Gasteiger partial charge < -0.3 is 10.1 Å². The number of nitrogens with one attached hydrogen (secondary N) is 1. The molecule has 0 saturated heterocycles. The van der Waals surface area contributed by atoms with Gasteiger partial charge in [-0.05, 0) is 25.8 Å². The largest absolute Gasteiger partial charge is 0.478 e. The lowest BCUT2D eigenvalue weighted by Crippen LogP contribution is -2.44. The number of hydrogen-bond acceptors (Lipinski definition) is 3. The first-order valence-electron chi connectivity index (χ1n) is 6.77. The maximum atomic E-state index is 13.4. The monoisotopic (exact) mass is 284 g/mol. The second kappa shape index (κ2) is 6.15. The molecule has 0 radical (unpaired) electrons. The molecule has 1 aliphatic rings. The Morgan fingerprint density at radius 1 is 1.55 bits per heavy atom. The minimum Gasteiger partial charge on any atom is -0.478 e. The first-order valence-corrected chi connectivity index (χ1v) is 6.77. The second-order valence-corrected chi connectivity index (χ2v) is 4.85. The van der Waals surface area contributed by atoms with Gasteiger partial charge in [-0.3, -0.25) is 4.79 Å². The summed E-state index contributed by atoms with van der Waals surface area (Å²) in [6, 6.07) is 4.04. The van der Waals surface area contributed by atoms with Gasteiger partial charge in [0.1, 0.15) is 0 Å². The average Bonchev–Trinajstić information content (AvgIpc) is 2.69. The van der Waals surface area contributed by atoms with Crippen LogP contribution in [0.25, 0.3) is 0 Å². The Morgan fingerprint density at radius 3 is 3.00 bits per heavy atom. The summed E-state index contributed by atoms with van der Waals surface area (Å²) in [5.74, 6) is -2.79. The predicted octanol–water partition coefficient (Wildman–Crippen LogP) is 2.33. The van der Waals surface area contributed by atoms with E-state index in [0.29, 0.717) is 31.0 Å². The number of aromatic nitrogens is 1. The van der Waals surface area contributed by atoms with Gasteiger partial charge in [0.05, 0.1) is 24.8 Å². The second-order valence-electron chi connectivity index (χ2n) is 4.85. The highest BCUT2D eigenvalue weighted by Gasteiger charge is 2.44. The van der Waals surface area contributed by atoms with Crippen molar-refractivity contribution in [2.24, 2.45) is 0 Å². The van der Waals surface area contributed by atoms with Gasteiger partial charge in [-0.2, -0.15) is 0 Å². The lowest BCUT2D eigenvalue weighted by molar-refractivity contribution is -0.124. The van der Waals surface area contributed by atoms with Crippen LogP contribution >= 0.6 is 0 Å². The van der Waals surface area contributed by atoms with Crippen molar-refractivity contribution in [3.8, 4) is 5.88 Å². The van der Waals surface area contributed by atoms with E-state index >= 15 is 0 Å². The highest BCUT2D eigenvalue weighted by molar-refractivity contribution is 5.78. The van der Waals surface area contributed by atoms with Crippen LogP contribution in [0.15, 0.2) is 18.2 Å². The summed E-state index contributed by atoms with van der Waals surface area (Å²) in [5, 5.41) is 2.40. The minimum atomic E-state index is -2.80. The van der Waals surface area contributed by atoms with E-state index in [9.17, 15) is 13.6 Å². The van der Waals surface area contributed by atoms with Gasteiger partial charge in [-0.1, -0.05) is 6.07 Å². The number of carbonyl (C=O) groups excluding carboxylic acids is 1. The fourth-order valence-corrected chi connectivity index (χ4v) is 2.30. The van der Waals surface area contributed by atoms with E-state index in [2.05, 4.69) is 10.3 Å². The molecule has 20 heavy (non-hydrogen) atoms. The summed E-state index contributed by atoms with van der Waals surface area (Å²) in [7, 11) is 0. The molecular formula is C14H18F2N2O2. The molecular weight excluding hydrogens is 266 g/mol. The molecule has 1 unspecified atom stereocenters. The van der Waals surface area contributed by atoms with Crippen molar-refractivity contribution >= 4 is 5.91 Å². The number of alkyl halides is 2. The number of rotatable bonds is 5. The van der Waals surface area contributed by atoms with Crippen LogP contribution < -0.4 is 10.1 Å². The standard InChI is InChI=1S/C14H18F2N2O2/c1-2-20-13-7-3-5-10(17-13)9-12(19)18-11-6-4-8-14(11,15)16/h3,5,7,11H,2,4,6,8-9H2,1H3,(H,18,19). The molecule has 4 nitrogen and oxygen atoms in total. The van der Waals surface area contributed by atoms with Gasteiger partial charge >= 0.3 is 0 Å². The van der Waals surface area contributed by atoms with Gasteiger partial charge in [0.15, 0.2) is 0 Å². The lowest BCUT2D eigenvalue weighted by Gasteiger charge is -2.20. The van der Waals surface area contributed by atoms with Gasteiger partial charge in [0.2, 0.25) is 11.8 Å². The number of carbonyl (C=O) groups is 1. The highest BCUT2D eigenvalue weighted by atomic mass is 19.3. The molecule has 110 valence electrons. The van der Waals surface area contributed by atoms with E-state index < -0.39 is 17.9 Å². The van der Waals surface area contributed by atoms with Crippen molar-refractivity contribution in [1.82, 2.24) is 10.3 Å². The Labute approximate surface area is 116 Å². The Balaban J connectivity index is 1.93. The Bertz CT molecular complexity index is 480. The summed E-state index contributed by atoms with van der Waals surface area (Å²) in [6.45, 7) is 2.32. The molecule has 0 bridgehead atoms. The van der Waals surface area contributed by atoms with E-state index in [-0.39, 0.29) is 12.8 Å². The Hall–Kier alpha value is -1.72. The zero-order valence-electron chi connectivity index (χ0n) is 11.4. The number of nitrogens with zero attached hydrogens (tertiary/aromatic N) is 1. The third-order valence-electron chi connectivity index (χ3n) is 3.26. The van der Waals surface area contributed by atoms with Crippen LogP contribution in [-0.4, -0.2) is 29.5 Å². The Kier molecular flexibility index (Phi) is 4.52.